The van der Waals surface area contributed by atoms with Gasteiger partial charge in [-0.25, -0.2) is 0 Å². The average Bonchev–Trinajstić information content (AvgIpc) is 2.26. The second-order valence-corrected chi connectivity index (χ2v) is 3.67. The van der Waals surface area contributed by atoms with Crippen LogP contribution in [0.3, 0.4) is 0 Å². The van der Waals surface area contributed by atoms with Gasteiger partial charge in [0, 0.05) is 17.2 Å². The number of allylic oxidation sites excluding steroid dienone is 2. The van der Waals surface area contributed by atoms with Crippen LogP contribution in [0, 0.1) is 0 Å². The maximum absolute atomic E-state index is 11.8. The van der Waals surface area contributed by atoms with Crippen LogP contribution in [0.1, 0.15) is 20.7 Å². The summed E-state index contributed by atoms with van der Waals surface area (Å²) in [5, 5.41) is 2.81. The van der Waals surface area contributed by atoms with Crippen LogP contribution in [0.5, 0.6) is 0 Å². The number of Topliss-reactive ketones (excluding diaryl/α,β-unsaturated/α-hetero) is 1. The van der Waals surface area contributed by atoms with Gasteiger partial charge >= 0.3 is 0 Å². The number of fused-ring (bicyclic) bond motifs is 1. The Labute approximate surface area is 95.3 Å². The molecular weight excluding hydrogens is 258 g/mol. The third kappa shape index (κ3) is 1.72. The van der Waals surface area contributed by atoms with E-state index in [-0.39, 0.29) is 11.6 Å². The van der Waals surface area contributed by atoms with Crippen LogP contribution in [0.2, 0.25) is 0 Å². The summed E-state index contributed by atoms with van der Waals surface area (Å²) in [5.74, 6) is -0.265. The molecule has 1 aliphatic rings. The molecule has 0 atom stereocenters. The Balaban J connectivity index is 2.49. The predicted octanol–water partition coefficient (Wildman–Crippen LogP) is 1.89. The van der Waals surface area contributed by atoms with E-state index in [0.29, 0.717) is 22.3 Å². The van der Waals surface area contributed by atoms with Gasteiger partial charge in [0.05, 0.1) is 11.2 Å². The first-order valence-corrected chi connectivity index (χ1v) is 5.56. The predicted molar refractivity (Wildman–Crippen MR) is 60.1 cm³/mol. The molecule has 0 radical (unpaired) electrons. The molecule has 3 nitrogen and oxygen atoms in total. The standard InChI is InChI=1S/C11H8BrNO2/c12-6-13-9-5-10(14)7-3-1-2-4-8(7)11(9)15/h1-5,13H,6H2. The highest BCUT2D eigenvalue weighted by Gasteiger charge is 2.24. The van der Waals surface area contributed by atoms with E-state index in [0.717, 1.165) is 0 Å². The van der Waals surface area contributed by atoms with Gasteiger partial charge in [0.1, 0.15) is 0 Å². The zero-order valence-electron chi connectivity index (χ0n) is 7.79. The average molecular weight is 266 g/mol. The summed E-state index contributed by atoms with van der Waals surface area (Å²) in [4.78, 5) is 23.5. The van der Waals surface area contributed by atoms with Crippen molar-refractivity contribution in [3.05, 3.63) is 47.2 Å². The summed E-state index contributed by atoms with van der Waals surface area (Å²) in [5.41, 5.74) is 1.73. The van der Waals surface area contributed by atoms with Crippen molar-refractivity contribution in [2.24, 2.45) is 0 Å². The number of rotatable bonds is 2. The van der Waals surface area contributed by atoms with E-state index in [1.165, 1.54) is 6.08 Å². The number of ketones is 2. The molecular formula is C11H8BrNO2. The highest BCUT2D eigenvalue weighted by Crippen LogP contribution is 2.19. The maximum Gasteiger partial charge on any atom is 0.209 e. The molecule has 1 N–H and O–H groups in total. The van der Waals surface area contributed by atoms with Crippen molar-refractivity contribution in [1.82, 2.24) is 5.32 Å². The molecule has 2 rings (SSSR count). The number of hydrogen-bond donors (Lipinski definition) is 1. The Morgan fingerprint density at radius 3 is 2.47 bits per heavy atom. The van der Waals surface area contributed by atoms with Gasteiger partial charge in [0.15, 0.2) is 5.78 Å². The molecule has 0 unspecified atom stereocenters. The molecule has 0 bridgehead atoms. The molecule has 76 valence electrons. The molecule has 0 heterocycles. The van der Waals surface area contributed by atoms with Crippen LogP contribution in [0.25, 0.3) is 0 Å². The van der Waals surface area contributed by atoms with Gasteiger partial charge in [-0.3, -0.25) is 9.59 Å². The normalized spacial score (nSPS) is 14.6. The largest absolute Gasteiger partial charge is 0.372 e. The zero-order valence-corrected chi connectivity index (χ0v) is 9.37. The quantitative estimate of drug-likeness (QED) is 0.656. The fraction of sp³-hybridized carbons (Fsp3) is 0.0909. The molecule has 0 saturated carbocycles. The van der Waals surface area contributed by atoms with Crippen LogP contribution in [-0.2, 0) is 0 Å². The Morgan fingerprint density at radius 1 is 1.13 bits per heavy atom. The lowest BCUT2D eigenvalue weighted by atomic mass is 9.93. The molecule has 0 saturated heterocycles. The zero-order chi connectivity index (χ0) is 10.8. The Morgan fingerprint density at radius 2 is 1.80 bits per heavy atom. The van der Waals surface area contributed by atoms with Crippen molar-refractivity contribution in [3.8, 4) is 0 Å². The van der Waals surface area contributed by atoms with Gasteiger partial charge in [-0.1, -0.05) is 40.2 Å². The number of carbonyl (C=O) groups excluding carboxylic acids is 2. The second kappa shape index (κ2) is 3.98. The van der Waals surface area contributed by atoms with Crippen molar-refractivity contribution in [1.29, 1.82) is 0 Å². The number of halogens is 1. The van der Waals surface area contributed by atoms with Gasteiger partial charge < -0.3 is 5.32 Å². The van der Waals surface area contributed by atoms with E-state index in [4.69, 9.17) is 0 Å². The molecule has 0 spiro atoms. The number of hydrogen-bond acceptors (Lipinski definition) is 3. The van der Waals surface area contributed by atoms with Gasteiger partial charge in [-0.05, 0) is 0 Å². The molecule has 1 aliphatic carbocycles. The van der Waals surface area contributed by atoms with Crippen LogP contribution < -0.4 is 5.32 Å². The number of carbonyl (C=O) groups is 2. The van der Waals surface area contributed by atoms with Gasteiger partial charge in [-0.15, -0.1) is 0 Å². The molecule has 1 aromatic rings. The molecule has 1 aromatic carbocycles. The maximum atomic E-state index is 11.8. The van der Waals surface area contributed by atoms with Gasteiger partial charge in [0.2, 0.25) is 5.78 Å². The molecule has 0 amide bonds. The summed E-state index contributed by atoms with van der Waals surface area (Å²) < 4.78 is 0. The van der Waals surface area contributed by atoms with Gasteiger partial charge in [0.25, 0.3) is 0 Å². The fourth-order valence-corrected chi connectivity index (χ4v) is 1.82. The summed E-state index contributed by atoms with van der Waals surface area (Å²) in [6.45, 7) is 0. The summed E-state index contributed by atoms with van der Waals surface area (Å²) in [7, 11) is 0. The molecule has 15 heavy (non-hydrogen) atoms. The van der Waals surface area contributed by atoms with E-state index >= 15 is 0 Å². The highest BCUT2D eigenvalue weighted by atomic mass is 79.9. The minimum Gasteiger partial charge on any atom is -0.372 e. The lowest BCUT2D eigenvalue weighted by Crippen LogP contribution is -2.25. The summed E-state index contributed by atoms with van der Waals surface area (Å²) in [6.07, 6.45) is 1.34. The summed E-state index contributed by atoms with van der Waals surface area (Å²) in [6, 6.07) is 6.83. The highest BCUT2D eigenvalue weighted by molar-refractivity contribution is 9.09. The van der Waals surface area contributed by atoms with Crippen LogP contribution in [-0.4, -0.2) is 17.0 Å². The molecule has 0 aromatic heterocycles. The Kier molecular flexibility index (Phi) is 2.68. The van der Waals surface area contributed by atoms with E-state index in [1.54, 1.807) is 24.3 Å². The first-order valence-electron chi connectivity index (χ1n) is 4.43. The van der Waals surface area contributed by atoms with E-state index in [9.17, 15) is 9.59 Å². The smallest absolute Gasteiger partial charge is 0.209 e. The topological polar surface area (TPSA) is 46.2 Å². The summed E-state index contributed by atoms with van der Waals surface area (Å²) >= 11 is 3.16. The number of benzene rings is 1. The SMILES string of the molecule is O=C1C=C(NCBr)C(=O)c2ccccc21. The number of alkyl halides is 1. The monoisotopic (exact) mass is 265 g/mol. The van der Waals surface area contributed by atoms with Crippen LogP contribution >= 0.6 is 15.9 Å². The fourth-order valence-electron chi connectivity index (χ4n) is 1.52. The van der Waals surface area contributed by atoms with Crippen molar-refractivity contribution < 1.29 is 9.59 Å². The Bertz CT molecular complexity index is 465. The first-order chi connectivity index (χ1) is 7.24. The minimum absolute atomic E-state index is 0.131. The van der Waals surface area contributed by atoms with Crippen molar-refractivity contribution in [2.75, 3.05) is 5.45 Å². The number of nitrogens with one attached hydrogen (secondary N) is 1. The lowest BCUT2D eigenvalue weighted by Gasteiger charge is -2.14. The second-order valence-electron chi connectivity index (χ2n) is 3.11. The van der Waals surface area contributed by atoms with E-state index in [1.807, 2.05) is 0 Å². The molecule has 0 fully saturated rings. The third-order valence-corrected chi connectivity index (χ3v) is 2.49. The third-order valence-electron chi connectivity index (χ3n) is 2.21. The molecule has 4 heteroatoms. The van der Waals surface area contributed by atoms with Crippen LogP contribution in [0.4, 0.5) is 0 Å². The molecule has 0 aliphatic heterocycles. The Hall–Kier alpha value is -1.42. The van der Waals surface area contributed by atoms with Crippen molar-refractivity contribution in [3.63, 3.8) is 0 Å². The van der Waals surface area contributed by atoms with E-state index in [2.05, 4.69) is 21.2 Å². The van der Waals surface area contributed by atoms with Crippen LogP contribution in [0.15, 0.2) is 36.0 Å². The van der Waals surface area contributed by atoms with E-state index < -0.39 is 0 Å². The van der Waals surface area contributed by atoms with Crippen molar-refractivity contribution in [2.45, 2.75) is 0 Å². The lowest BCUT2D eigenvalue weighted by molar-refractivity contribution is 0.0979. The van der Waals surface area contributed by atoms with Crippen molar-refractivity contribution >= 4 is 27.5 Å². The van der Waals surface area contributed by atoms with Gasteiger partial charge in [-0.2, -0.15) is 0 Å². The first kappa shape index (κ1) is 10.1. The minimum atomic E-state index is -0.135.